The second-order valence-electron chi connectivity index (χ2n) is 2.80. The molecule has 0 heterocycles. The maximum absolute atomic E-state index is 12.4. The van der Waals surface area contributed by atoms with Crippen molar-refractivity contribution >= 4 is 12.4 Å². The number of rotatable bonds is 3. The summed E-state index contributed by atoms with van der Waals surface area (Å²) in [7, 11) is 1.63. The van der Waals surface area contributed by atoms with Gasteiger partial charge in [-0.3, -0.25) is 0 Å². The van der Waals surface area contributed by atoms with Gasteiger partial charge in [-0.15, -0.1) is 5.46 Å². The van der Waals surface area contributed by atoms with Crippen LogP contribution in [0.15, 0.2) is 24.3 Å². The van der Waals surface area contributed by atoms with Gasteiger partial charge in [0.1, 0.15) is 0 Å². The molecule has 14 heavy (non-hydrogen) atoms. The minimum atomic E-state index is -4.89. The zero-order valence-corrected chi connectivity index (χ0v) is 11.4. The second kappa shape index (κ2) is 6.30. The minimum Gasteiger partial charge on any atom is -0.445 e. The standard InChI is InChI=1S/C8H10BF3N.K/c1-13-6-7-4-2-3-5-8(7)9(10,11)12;/h2-5,13H,6H2,1H3;/q-1;+1. The normalized spacial score (nSPS) is 10.9. The summed E-state index contributed by atoms with van der Waals surface area (Å²) in [6.45, 7) is -4.64. The Kier molecular flexibility index (Phi) is 6.60. The first-order valence-electron chi connectivity index (χ1n) is 3.98. The van der Waals surface area contributed by atoms with Gasteiger partial charge in [0.25, 0.3) is 0 Å². The Balaban J connectivity index is 0.00000169. The van der Waals surface area contributed by atoms with E-state index in [2.05, 4.69) is 5.32 Å². The van der Waals surface area contributed by atoms with Crippen molar-refractivity contribution in [3.8, 4) is 0 Å². The average Bonchev–Trinajstić information content (AvgIpc) is 2.04. The molecule has 1 rings (SSSR count). The molecule has 0 saturated carbocycles. The Morgan fingerprint density at radius 2 is 1.79 bits per heavy atom. The van der Waals surface area contributed by atoms with E-state index in [-0.39, 0.29) is 57.9 Å². The van der Waals surface area contributed by atoms with E-state index in [0.29, 0.717) is 5.56 Å². The third kappa shape index (κ3) is 4.04. The van der Waals surface area contributed by atoms with Crippen molar-refractivity contribution in [3.63, 3.8) is 0 Å². The number of halogens is 3. The van der Waals surface area contributed by atoms with Crippen molar-refractivity contribution in [3.05, 3.63) is 29.8 Å². The van der Waals surface area contributed by atoms with Crippen molar-refractivity contribution in [2.24, 2.45) is 0 Å². The van der Waals surface area contributed by atoms with Gasteiger partial charge in [-0.05, 0) is 7.05 Å². The summed E-state index contributed by atoms with van der Waals surface area (Å²) >= 11 is 0. The van der Waals surface area contributed by atoms with Crippen LogP contribution in [0.2, 0.25) is 0 Å². The van der Waals surface area contributed by atoms with Gasteiger partial charge in [-0.1, -0.05) is 29.8 Å². The van der Waals surface area contributed by atoms with E-state index in [1.807, 2.05) is 0 Å². The third-order valence-electron chi connectivity index (χ3n) is 1.77. The molecule has 0 unspecified atom stereocenters. The van der Waals surface area contributed by atoms with E-state index < -0.39 is 12.4 Å². The van der Waals surface area contributed by atoms with E-state index in [1.54, 1.807) is 13.1 Å². The Morgan fingerprint density at radius 1 is 1.21 bits per heavy atom. The summed E-state index contributed by atoms with van der Waals surface area (Å²) in [6, 6.07) is 5.62. The van der Waals surface area contributed by atoms with E-state index >= 15 is 0 Å². The predicted octanol–water partition coefficient (Wildman–Crippen LogP) is -1.54. The van der Waals surface area contributed by atoms with Crippen LogP contribution in [0.3, 0.4) is 0 Å². The van der Waals surface area contributed by atoms with Crippen molar-refractivity contribution in [1.82, 2.24) is 5.32 Å². The van der Waals surface area contributed by atoms with Gasteiger partial charge in [0.15, 0.2) is 0 Å². The molecule has 0 saturated heterocycles. The first-order valence-corrected chi connectivity index (χ1v) is 3.98. The molecule has 1 nitrogen and oxygen atoms in total. The maximum Gasteiger partial charge on any atom is 1.00 e. The van der Waals surface area contributed by atoms with E-state index in [1.165, 1.54) is 12.1 Å². The molecule has 0 aliphatic carbocycles. The molecule has 0 bridgehead atoms. The molecule has 72 valence electrons. The molecule has 1 N–H and O–H groups in total. The molecule has 0 aliphatic rings. The summed E-state index contributed by atoms with van der Waals surface area (Å²) in [6.07, 6.45) is 0. The average molecular weight is 227 g/mol. The van der Waals surface area contributed by atoms with Gasteiger partial charge in [-0.2, -0.15) is 0 Å². The molecule has 6 heteroatoms. The fourth-order valence-electron chi connectivity index (χ4n) is 1.20. The Labute approximate surface area is 124 Å². The Morgan fingerprint density at radius 3 is 2.29 bits per heavy atom. The number of nitrogens with one attached hydrogen (secondary N) is 1. The van der Waals surface area contributed by atoms with Crippen molar-refractivity contribution in [2.45, 2.75) is 6.54 Å². The van der Waals surface area contributed by atoms with Crippen LogP contribution in [0.1, 0.15) is 5.56 Å². The van der Waals surface area contributed by atoms with Gasteiger partial charge in [-0.25, -0.2) is 0 Å². The van der Waals surface area contributed by atoms with Gasteiger partial charge >= 0.3 is 58.4 Å². The van der Waals surface area contributed by atoms with Gasteiger partial charge in [0.05, 0.1) is 0 Å². The van der Waals surface area contributed by atoms with Crippen LogP contribution in [-0.2, 0) is 6.54 Å². The van der Waals surface area contributed by atoms with Crippen molar-refractivity contribution < 1.29 is 64.3 Å². The number of hydrogen-bond acceptors (Lipinski definition) is 1. The van der Waals surface area contributed by atoms with Crippen LogP contribution in [0.25, 0.3) is 0 Å². The summed E-state index contributed by atoms with van der Waals surface area (Å²) in [5.74, 6) is 0. The molecule has 1 aromatic rings. The zero-order valence-electron chi connectivity index (χ0n) is 8.23. The summed E-state index contributed by atoms with van der Waals surface area (Å²) in [5, 5.41) is 2.71. The first kappa shape index (κ1) is 14.7. The summed E-state index contributed by atoms with van der Waals surface area (Å²) in [5.41, 5.74) is -0.200. The van der Waals surface area contributed by atoms with Crippen LogP contribution >= 0.6 is 0 Å². The van der Waals surface area contributed by atoms with Gasteiger partial charge in [0, 0.05) is 6.54 Å². The molecule has 0 radical (unpaired) electrons. The predicted molar refractivity (Wildman–Crippen MR) is 47.9 cm³/mol. The van der Waals surface area contributed by atoms with Crippen molar-refractivity contribution in [2.75, 3.05) is 7.05 Å². The third-order valence-corrected chi connectivity index (χ3v) is 1.77. The van der Waals surface area contributed by atoms with E-state index in [4.69, 9.17) is 0 Å². The largest absolute Gasteiger partial charge is 1.00 e. The van der Waals surface area contributed by atoms with Crippen molar-refractivity contribution in [1.29, 1.82) is 0 Å². The molecule has 0 amide bonds. The molecule has 1 aromatic carbocycles. The molecular formula is C8H10BF3KN. The molecule has 0 fully saturated rings. The van der Waals surface area contributed by atoms with E-state index in [9.17, 15) is 12.9 Å². The Bertz CT molecular complexity index is 290. The van der Waals surface area contributed by atoms with Crippen LogP contribution in [0, 0.1) is 0 Å². The zero-order chi connectivity index (χ0) is 9.90. The first-order chi connectivity index (χ1) is 6.05. The van der Waals surface area contributed by atoms with E-state index in [0.717, 1.165) is 6.07 Å². The smallest absolute Gasteiger partial charge is 0.445 e. The fourth-order valence-corrected chi connectivity index (χ4v) is 1.20. The summed E-state index contributed by atoms with van der Waals surface area (Å²) < 4.78 is 37.2. The monoisotopic (exact) mass is 227 g/mol. The molecule has 0 atom stereocenters. The molecular weight excluding hydrogens is 217 g/mol. The topological polar surface area (TPSA) is 12.0 Å². The van der Waals surface area contributed by atoms with Crippen LogP contribution in [0.5, 0.6) is 0 Å². The van der Waals surface area contributed by atoms with Gasteiger partial charge in [0.2, 0.25) is 0 Å². The second-order valence-corrected chi connectivity index (χ2v) is 2.80. The number of benzene rings is 1. The molecule has 0 aliphatic heterocycles. The minimum absolute atomic E-state index is 0. The summed E-state index contributed by atoms with van der Waals surface area (Å²) in [4.78, 5) is 0. The maximum atomic E-state index is 12.4. The van der Waals surface area contributed by atoms with Crippen LogP contribution in [-0.4, -0.2) is 14.0 Å². The molecule has 0 aromatic heterocycles. The number of hydrogen-bond donors (Lipinski definition) is 1. The fraction of sp³-hybridized carbons (Fsp3) is 0.250. The van der Waals surface area contributed by atoms with Gasteiger partial charge < -0.3 is 18.3 Å². The Hall–Kier alpha value is 0.671. The molecule has 0 spiro atoms. The van der Waals surface area contributed by atoms with Crippen LogP contribution in [0.4, 0.5) is 12.9 Å². The SMILES string of the molecule is CNCc1ccccc1[B-](F)(F)F.[K+]. The van der Waals surface area contributed by atoms with Crippen LogP contribution < -0.4 is 62.2 Å². The quantitative estimate of drug-likeness (QED) is 0.617.